The summed E-state index contributed by atoms with van der Waals surface area (Å²) in [5.74, 6) is -0.667. The molecule has 0 rings (SSSR count). The number of carbonyl (C=O) groups excluding carboxylic acids is 1. The zero-order valence-electron chi connectivity index (χ0n) is 5.13. The van der Waals surface area contributed by atoms with E-state index in [0.29, 0.717) is 0 Å². The van der Waals surface area contributed by atoms with E-state index in [2.05, 4.69) is 4.74 Å². The lowest BCUT2D eigenvalue weighted by molar-refractivity contribution is -0.148. The second-order valence-electron chi connectivity index (χ2n) is 1.36. The molecule has 0 heterocycles. The lowest BCUT2D eigenvalue weighted by Crippen LogP contribution is -2.43. The first-order chi connectivity index (χ1) is 4.22. The summed E-state index contributed by atoms with van der Waals surface area (Å²) in [5, 5.41) is 8.06. The quantitative estimate of drug-likeness (QED) is 0.257. The van der Waals surface area contributed by atoms with Gasteiger partial charge in [0.1, 0.15) is 0 Å². The number of nitrogens with two attached hydrogens (primary N) is 1. The molecular weight excluding hydrogens is 124 g/mol. The average molecular weight is 134 g/mol. The molecule has 0 spiro atoms. The van der Waals surface area contributed by atoms with Crippen molar-refractivity contribution in [1.29, 1.82) is 0 Å². The fourth-order valence-electron chi connectivity index (χ4n) is 0.285. The van der Waals surface area contributed by atoms with Gasteiger partial charge in [0.05, 0.1) is 6.61 Å². The molecule has 0 aliphatic rings. The number of rotatable bonds is 3. The van der Waals surface area contributed by atoms with Crippen molar-refractivity contribution < 1.29 is 14.7 Å². The van der Waals surface area contributed by atoms with Gasteiger partial charge in [-0.2, -0.15) is 5.48 Å². The number of carbonyl (C=O) groups is 1. The van der Waals surface area contributed by atoms with Crippen molar-refractivity contribution in [2.75, 3.05) is 6.61 Å². The van der Waals surface area contributed by atoms with E-state index in [1.165, 1.54) is 0 Å². The summed E-state index contributed by atoms with van der Waals surface area (Å²) in [6, 6.07) is 0. The Bertz CT molecular complexity index is 95.8. The van der Waals surface area contributed by atoms with Crippen LogP contribution in [-0.2, 0) is 9.53 Å². The Morgan fingerprint density at radius 1 is 2.00 bits per heavy atom. The van der Waals surface area contributed by atoms with Crippen LogP contribution < -0.4 is 11.2 Å². The van der Waals surface area contributed by atoms with Gasteiger partial charge in [-0.15, -0.1) is 0 Å². The number of hydrogen-bond acceptors (Lipinski definition) is 5. The third-order valence-electron chi connectivity index (χ3n) is 0.680. The average Bonchev–Trinajstić information content (AvgIpc) is 1.87. The Balaban J connectivity index is 3.46. The van der Waals surface area contributed by atoms with Crippen molar-refractivity contribution in [3.63, 3.8) is 0 Å². The zero-order valence-corrected chi connectivity index (χ0v) is 5.13. The molecule has 1 atom stereocenters. The maximum Gasteiger partial charge on any atom is 0.340 e. The highest BCUT2D eigenvalue weighted by atomic mass is 16.5. The predicted molar refractivity (Wildman–Crippen MR) is 29.5 cm³/mol. The van der Waals surface area contributed by atoms with Crippen molar-refractivity contribution in [2.24, 2.45) is 5.73 Å². The van der Waals surface area contributed by atoms with Crippen molar-refractivity contribution in [1.82, 2.24) is 5.48 Å². The predicted octanol–water partition coefficient (Wildman–Crippen LogP) is -1.19. The van der Waals surface area contributed by atoms with Crippen LogP contribution in [0.4, 0.5) is 0 Å². The molecule has 0 bridgehead atoms. The van der Waals surface area contributed by atoms with Gasteiger partial charge < -0.3 is 15.7 Å². The highest BCUT2D eigenvalue weighted by molar-refractivity contribution is 5.74. The molecule has 54 valence electrons. The lowest BCUT2D eigenvalue weighted by Gasteiger charge is -2.06. The van der Waals surface area contributed by atoms with E-state index < -0.39 is 12.1 Å². The summed E-state index contributed by atoms with van der Waals surface area (Å²) in [6.07, 6.45) is -1.13. The number of hydroxylamine groups is 1. The standard InChI is InChI=1S/C4H10N2O3/c1-2-9-4(7)3(5)6-8/h3,6,8H,2,5H2,1H3. The molecule has 0 saturated carbocycles. The third kappa shape index (κ3) is 3.02. The van der Waals surface area contributed by atoms with Crippen molar-refractivity contribution in [3.05, 3.63) is 0 Å². The summed E-state index contributed by atoms with van der Waals surface area (Å²) in [7, 11) is 0. The smallest absolute Gasteiger partial charge is 0.340 e. The minimum atomic E-state index is -1.13. The topological polar surface area (TPSA) is 84.6 Å². The van der Waals surface area contributed by atoms with E-state index in [9.17, 15) is 4.79 Å². The van der Waals surface area contributed by atoms with Gasteiger partial charge in [-0.3, -0.25) is 0 Å². The molecule has 0 radical (unpaired) electrons. The Morgan fingerprint density at radius 2 is 2.56 bits per heavy atom. The summed E-state index contributed by atoms with van der Waals surface area (Å²) >= 11 is 0. The molecule has 0 aromatic heterocycles. The Hall–Kier alpha value is -0.650. The van der Waals surface area contributed by atoms with Crippen LogP contribution in [0.1, 0.15) is 6.92 Å². The molecule has 5 heteroatoms. The van der Waals surface area contributed by atoms with Crippen LogP contribution in [-0.4, -0.2) is 23.9 Å². The molecule has 1 unspecified atom stereocenters. The maximum atomic E-state index is 10.4. The molecule has 0 aromatic rings. The van der Waals surface area contributed by atoms with E-state index in [1.807, 2.05) is 0 Å². The molecule has 5 nitrogen and oxygen atoms in total. The number of esters is 1. The summed E-state index contributed by atoms with van der Waals surface area (Å²) < 4.78 is 4.41. The maximum absolute atomic E-state index is 10.4. The third-order valence-corrected chi connectivity index (χ3v) is 0.680. The zero-order chi connectivity index (χ0) is 7.28. The van der Waals surface area contributed by atoms with Crippen molar-refractivity contribution in [3.8, 4) is 0 Å². The monoisotopic (exact) mass is 134 g/mol. The number of ether oxygens (including phenoxy) is 1. The highest BCUT2D eigenvalue weighted by Gasteiger charge is 2.11. The molecule has 0 aliphatic carbocycles. The molecule has 0 aromatic carbocycles. The molecule has 9 heavy (non-hydrogen) atoms. The van der Waals surface area contributed by atoms with Crippen LogP contribution in [0.3, 0.4) is 0 Å². The van der Waals surface area contributed by atoms with Gasteiger partial charge in [0.25, 0.3) is 0 Å². The van der Waals surface area contributed by atoms with Crippen molar-refractivity contribution >= 4 is 5.97 Å². The molecule has 4 N–H and O–H groups in total. The largest absolute Gasteiger partial charge is 0.464 e. The van der Waals surface area contributed by atoms with Crippen LogP contribution in [0, 0.1) is 0 Å². The fourth-order valence-corrected chi connectivity index (χ4v) is 0.285. The van der Waals surface area contributed by atoms with Gasteiger partial charge in [0, 0.05) is 0 Å². The van der Waals surface area contributed by atoms with Crippen LogP contribution in [0.2, 0.25) is 0 Å². The second-order valence-corrected chi connectivity index (χ2v) is 1.36. The van der Waals surface area contributed by atoms with E-state index in [-0.39, 0.29) is 6.61 Å². The van der Waals surface area contributed by atoms with Gasteiger partial charge in [-0.05, 0) is 6.92 Å². The summed E-state index contributed by atoms with van der Waals surface area (Å²) in [5.41, 5.74) is 6.52. The first-order valence-electron chi connectivity index (χ1n) is 2.54. The Kier molecular flexibility index (Phi) is 3.94. The number of hydrogen-bond donors (Lipinski definition) is 3. The van der Waals surface area contributed by atoms with Crippen LogP contribution in [0.25, 0.3) is 0 Å². The van der Waals surface area contributed by atoms with Crippen molar-refractivity contribution in [2.45, 2.75) is 13.1 Å². The van der Waals surface area contributed by atoms with Crippen LogP contribution in [0.5, 0.6) is 0 Å². The molecule has 0 amide bonds. The van der Waals surface area contributed by atoms with E-state index in [0.717, 1.165) is 0 Å². The highest BCUT2D eigenvalue weighted by Crippen LogP contribution is 1.78. The van der Waals surface area contributed by atoms with Gasteiger partial charge in [0.2, 0.25) is 0 Å². The molecule has 0 saturated heterocycles. The molecule has 0 fully saturated rings. The first-order valence-corrected chi connectivity index (χ1v) is 2.54. The summed E-state index contributed by atoms with van der Waals surface area (Å²) in [6.45, 7) is 1.91. The van der Waals surface area contributed by atoms with Gasteiger partial charge in [-0.1, -0.05) is 0 Å². The van der Waals surface area contributed by atoms with Crippen LogP contribution in [0.15, 0.2) is 0 Å². The SMILES string of the molecule is CCOC(=O)C(N)NO. The molecular formula is C4H10N2O3. The van der Waals surface area contributed by atoms with E-state index in [4.69, 9.17) is 10.9 Å². The fraction of sp³-hybridized carbons (Fsp3) is 0.750. The lowest BCUT2D eigenvalue weighted by atomic mass is 10.5. The van der Waals surface area contributed by atoms with Gasteiger partial charge in [0.15, 0.2) is 6.17 Å². The summed E-state index contributed by atoms with van der Waals surface area (Å²) in [4.78, 5) is 10.4. The normalized spacial score (nSPS) is 12.8. The second kappa shape index (κ2) is 4.25. The first kappa shape index (κ1) is 8.35. The van der Waals surface area contributed by atoms with Gasteiger partial charge in [-0.25, -0.2) is 4.79 Å². The minimum Gasteiger partial charge on any atom is -0.464 e. The van der Waals surface area contributed by atoms with Gasteiger partial charge >= 0.3 is 5.97 Å². The van der Waals surface area contributed by atoms with E-state index in [1.54, 1.807) is 12.4 Å². The molecule has 0 aliphatic heterocycles. The van der Waals surface area contributed by atoms with E-state index >= 15 is 0 Å². The Labute approximate surface area is 52.7 Å². The number of nitrogens with one attached hydrogen (secondary N) is 1. The minimum absolute atomic E-state index is 0.258. The van der Waals surface area contributed by atoms with Crippen LogP contribution >= 0.6 is 0 Å². The Morgan fingerprint density at radius 3 is 2.89 bits per heavy atom.